The molecule has 3 atom stereocenters. The van der Waals surface area contributed by atoms with Crippen molar-refractivity contribution >= 4 is 11.9 Å². The van der Waals surface area contributed by atoms with E-state index in [9.17, 15) is 14.7 Å². The molecule has 1 N–H and O–H groups in total. The highest BCUT2D eigenvalue weighted by atomic mass is 16.5. The number of carbonyl (C=O) groups is 2. The van der Waals surface area contributed by atoms with E-state index in [2.05, 4.69) is 0 Å². The number of carboxylic acid groups (broad SMARTS) is 1. The quantitative estimate of drug-likeness (QED) is 0.838. The summed E-state index contributed by atoms with van der Waals surface area (Å²) < 4.78 is 5.41. The minimum Gasteiger partial charge on any atom is -0.480 e. The highest BCUT2D eigenvalue weighted by Crippen LogP contribution is 2.40. The van der Waals surface area contributed by atoms with E-state index in [4.69, 9.17) is 4.74 Å². The molecule has 2 rings (SSSR count). The summed E-state index contributed by atoms with van der Waals surface area (Å²) in [6, 6.07) is -0.494. The number of amides is 1. The summed E-state index contributed by atoms with van der Waals surface area (Å²) in [5.74, 6) is -0.551. The zero-order valence-electron chi connectivity index (χ0n) is 12.4. The van der Waals surface area contributed by atoms with E-state index in [0.29, 0.717) is 18.9 Å². The van der Waals surface area contributed by atoms with Crippen LogP contribution in [0, 0.1) is 5.92 Å². The van der Waals surface area contributed by atoms with Crippen molar-refractivity contribution in [3.63, 3.8) is 0 Å². The van der Waals surface area contributed by atoms with Crippen molar-refractivity contribution in [2.45, 2.75) is 70.6 Å². The molecule has 0 radical (unpaired) electrons. The number of hydrogen-bond acceptors (Lipinski definition) is 3. The molecule has 2 fully saturated rings. The summed E-state index contributed by atoms with van der Waals surface area (Å²) >= 11 is 0. The largest absolute Gasteiger partial charge is 0.480 e. The van der Waals surface area contributed by atoms with Gasteiger partial charge < -0.3 is 14.7 Å². The Balaban J connectivity index is 2.01. The molecule has 1 amide bonds. The van der Waals surface area contributed by atoms with Gasteiger partial charge in [-0.1, -0.05) is 12.8 Å². The van der Waals surface area contributed by atoms with Gasteiger partial charge in [0.05, 0.1) is 19.1 Å². The third-order valence-electron chi connectivity index (χ3n) is 4.43. The van der Waals surface area contributed by atoms with Crippen LogP contribution >= 0.6 is 0 Å². The number of nitrogens with zero attached hydrogens (tertiary/aromatic N) is 1. The second-order valence-corrected chi connectivity index (χ2v) is 6.17. The summed E-state index contributed by atoms with van der Waals surface area (Å²) in [5, 5.41) is 9.37. The number of hydrogen-bond donors (Lipinski definition) is 1. The van der Waals surface area contributed by atoms with Crippen LogP contribution in [-0.4, -0.2) is 46.7 Å². The smallest absolute Gasteiger partial charge is 0.326 e. The number of ether oxygens (including phenoxy) is 1. The van der Waals surface area contributed by atoms with Crippen LogP contribution in [0.5, 0.6) is 0 Å². The summed E-state index contributed by atoms with van der Waals surface area (Å²) in [7, 11) is 0. The molecule has 0 bridgehead atoms. The van der Waals surface area contributed by atoms with Gasteiger partial charge in [0, 0.05) is 6.04 Å². The lowest BCUT2D eigenvalue weighted by Gasteiger charge is -2.33. The molecule has 114 valence electrons. The lowest BCUT2D eigenvalue weighted by molar-refractivity contribution is -0.150. The van der Waals surface area contributed by atoms with E-state index < -0.39 is 12.0 Å². The second-order valence-electron chi connectivity index (χ2n) is 6.17. The Hall–Kier alpha value is -1.10. The van der Waals surface area contributed by atoms with Crippen molar-refractivity contribution in [1.29, 1.82) is 0 Å². The van der Waals surface area contributed by atoms with Crippen LogP contribution in [0.2, 0.25) is 0 Å². The number of carboxylic acids is 1. The maximum atomic E-state index is 12.4. The Bertz CT molecular complexity index is 369. The zero-order valence-corrected chi connectivity index (χ0v) is 12.4. The molecule has 1 saturated carbocycles. The van der Waals surface area contributed by atoms with Crippen LogP contribution in [0.1, 0.15) is 52.4 Å². The molecule has 0 aromatic rings. The van der Waals surface area contributed by atoms with Crippen molar-refractivity contribution in [1.82, 2.24) is 4.90 Å². The van der Waals surface area contributed by atoms with Crippen LogP contribution in [0.4, 0.5) is 0 Å². The minimum absolute atomic E-state index is 0.0625. The molecule has 1 aliphatic carbocycles. The van der Waals surface area contributed by atoms with Gasteiger partial charge in [0.2, 0.25) is 5.91 Å². The van der Waals surface area contributed by atoms with Gasteiger partial charge in [-0.25, -0.2) is 4.79 Å². The molecule has 1 heterocycles. The van der Waals surface area contributed by atoms with Crippen LogP contribution in [0.25, 0.3) is 0 Å². The molecule has 20 heavy (non-hydrogen) atoms. The maximum Gasteiger partial charge on any atom is 0.326 e. The molecule has 0 spiro atoms. The number of rotatable bonds is 5. The molecule has 5 heteroatoms. The Morgan fingerprint density at radius 3 is 2.65 bits per heavy atom. The van der Waals surface area contributed by atoms with Crippen molar-refractivity contribution in [2.75, 3.05) is 6.61 Å². The van der Waals surface area contributed by atoms with Gasteiger partial charge >= 0.3 is 5.97 Å². The SMILES string of the molecule is CC(C)OCCC(=O)N1[C@@H]2CCCC[C@@H]2C[C@H]1C(=O)O. The van der Waals surface area contributed by atoms with Crippen LogP contribution < -0.4 is 0 Å². The topological polar surface area (TPSA) is 66.8 Å². The fraction of sp³-hybridized carbons (Fsp3) is 0.867. The first-order chi connectivity index (χ1) is 9.50. The van der Waals surface area contributed by atoms with Gasteiger partial charge in [0.15, 0.2) is 0 Å². The van der Waals surface area contributed by atoms with Gasteiger partial charge in [-0.3, -0.25) is 4.79 Å². The lowest BCUT2D eigenvalue weighted by atomic mass is 9.84. The zero-order chi connectivity index (χ0) is 14.7. The Labute approximate surface area is 120 Å². The number of carbonyl (C=O) groups excluding carboxylic acids is 1. The number of likely N-dealkylation sites (tertiary alicyclic amines) is 1. The van der Waals surface area contributed by atoms with Crippen LogP contribution in [-0.2, 0) is 14.3 Å². The normalized spacial score (nSPS) is 29.6. The summed E-state index contributed by atoms with van der Waals surface area (Å²) in [6.45, 7) is 4.23. The number of aliphatic carboxylic acids is 1. The van der Waals surface area contributed by atoms with Gasteiger partial charge in [-0.2, -0.15) is 0 Å². The Morgan fingerprint density at radius 2 is 2.00 bits per heavy atom. The van der Waals surface area contributed by atoms with E-state index in [-0.39, 0.29) is 24.5 Å². The first-order valence-corrected chi connectivity index (χ1v) is 7.66. The van der Waals surface area contributed by atoms with Gasteiger partial charge in [-0.05, 0) is 39.0 Å². The van der Waals surface area contributed by atoms with E-state index >= 15 is 0 Å². The van der Waals surface area contributed by atoms with Gasteiger partial charge in [0.25, 0.3) is 0 Å². The predicted molar refractivity (Wildman–Crippen MR) is 74.3 cm³/mol. The first-order valence-electron chi connectivity index (χ1n) is 7.66. The van der Waals surface area contributed by atoms with Crippen molar-refractivity contribution in [2.24, 2.45) is 5.92 Å². The highest BCUT2D eigenvalue weighted by Gasteiger charge is 2.47. The highest BCUT2D eigenvalue weighted by molar-refractivity contribution is 5.84. The molecule has 1 aliphatic heterocycles. The summed E-state index contributed by atoms with van der Waals surface area (Å²) in [5.41, 5.74) is 0. The fourth-order valence-electron chi connectivity index (χ4n) is 3.55. The molecule has 2 aliphatic rings. The van der Waals surface area contributed by atoms with Gasteiger partial charge in [0.1, 0.15) is 6.04 Å². The molecular formula is C15H25NO4. The van der Waals surface area contributed by atoms with Gasteiger partial charge in [-0.15, -0.1) is 0 Å². The van der Waals surface area contributed by atoms with Crippen molar-refractivity contribution in [3.8, 4) is 0 Å². The monoisotopic (exact) mass is 283 g/mol. The summed E-state index contributed by atoms with van der Waals surface area (Å²) in [4.78, 5) is 25.4. The Morgan fingerprint density at radius 1 is 1.30 bits per heavy atom. The molecule has 0 aromatic heterocycles. The second kappa shape index (κ2) is 6.57. The molecule has 1 saturated heterocycles. The average Bonchev–Trinajstić information content (AvgIpc) is 2.77. The first kappa shape index (κ1) is 15.3. The molecular weight excluding hydrogens is 258 g/mol. The van der Waals surface area contributed by atoms with Crippen molar-refractivity contribution in [3.05, 3.63) is 0 Å². The van der Waals surface area contributed by atoms with E-state index in [1.54, 1.807) is 4.90 Å². The van der Waals surface area contributed by atoms with E-state index in [1.165, 1.54) is 0 Å². The molecule has 0 unspecified atom stereocenters. The fourth-order valence-corrected chi connectivity index (χ4v) is 3.55. The summed E-state index contributed by atoms with van der Waals surface area (Å²) in [6.07, 6.45) is 5.26. The minimum atomic E-state index is -0.863. The van der Waals surface area contributed by atoms with Crippen LogP contribution in [0.3, 0.4) is 0 Å². The Kier molecular flexibility index (Phi) is 5.02. The van der Waals surface area contributed by atoms with Crippen LogP contribution in [0.15, 0.2) is 0 Å². The molecule has 5 nitrogen and oxygen atoms in total. The van der Waals surface area contributed by atoms with Crippen molar-refractivity contribution < 1.29 is 19.4 Å². The molecule has 0 aromatic carbocycles. The van der Waals surface area contributed by atoms with E-state index in [0.717, 1.165) is 25.7 Å². The maximum absolute atomic E-state index is 12.4. The standard InChI is InChI=1S/C15H25NO4/c1-10(2)20-8-7-14(17)16-12-6-4-3-5-11(12)9-13(16)15(18)19/h10-13H,3-9H2,1-2H3,(H,18,19)/t11-,12-,13+/m1/s1. The number of fused-ring (bicyclic) bond motifs is 1. The van der Waals surface area contributed by atoms with E-state index in [1.807, 2.05) is 13.8 Å². The third kappa shape index (κ3) is 3.32. The predicted octanol–water partition coefficient (Wildman–Crippen LogP) is 2.05. The third-order valence-corrected chi connectivity index (χ3v) is 4.43. The average molecular weight is 283 g/mol. The lowest BCUT2D eigenvalue weighted by Crippen LogP contribution is -2.46.